The molecular weight excluding hydrogens is 382 g/mol. The van der Waals surface area contributed by atoms with Gasteiger partial charge in [-0.1, -0.05) is 36.7 Å². The monoisotopic (exact) mass is 401 g/mol. The van der Waals surface area contributed by atoms with Crippen LogP contribution in [0.5, 0.6) is 0 Å². The lowest BCUT2D eigenvalue weighted by atomic mass is 10.2. The minimum Gasteiger partial charge on any atom is -0.462 e. The Balaban J connectivity index is 1.79. The molecule has 28 heavy (non-hydrogen) atoms. The third-order valence-electron chi connectivity index (χ3n) is 3.49. The van der Waals surface area contributed by atoms with Crippen molar-refractivity contribution in [3.8, 4) is 0 Å². The molecule has 0 heterocycles. The Morgan fingerprint density at radius 2 is 1.75 bits per heavy atom. The number of ether oxygens (including phenoxy) is 2. The molecule has 2 aromatic carbocycles. The van der Waals surface area contributed by atoms with Gasteiger partial charge in [-0.3, -0.25) is 4.79 Å². The van der Waals surface area contributed by atoms with Gasteiger partial charge in [-0.25, -0.2) is 9.59 Å². The van der Waals surface area contributed by atoms with Gasteiger partial charge in [-0.2, -0.15) is 0 Å². The number of hydrogen-bond donors (Lipinski definition) is 1. The van der Waals surface area contributed by atoms with Crippen LogP contribution >= 0.6 is 11.6 Å². The molecule has 7 heteroatoms. The van der Waals surface area contributed by atoms with E-state index in [1.165, 1.54) is 12.2 Å². The van der Waals surface area contributed by atoms with E-state index in [0.717, 1.165) is 6.42 Å². The summed E-state index contributed by atoms with van der Waals surface area (Å²) >= 11 is 5.98. The Morgan fingerprint density at radius 1 is 1.04 bits per heavy atom. The standard InChI is InChI=1S/C21H20ClNO5/c1-2-13-27-21(26)16-7-10-17(11-8-16)23-19(24)14-28-20(25)12-9-15-5-3-4-6-18(15)22/h3-12H,2,13-14H2,1H3,(H,23,24)/b12-9+. The summed E-state index contributed by atoms with van der Waals surface area (Å²) in [5.74, 6) is -1.58. The van der Waals surface area contributed by atoms with Crippen LogP contribution in [0.2, 0.25) is 5.02 Å². The summed E-state index contributed by atoms with van der Waals surface area (Å²) in [6.45, 7) is 1.82. The van der Waals surface area contributed by atoms with E-state index in [-0.39, 0.29) is 0 Å². The van der Waals surface area contributed by atoms with Crippen molar-refractivity contribution in [2.45, 2.75) is 13.3 Å². The van der Waals surface area contributed by atoms with Crippen LogP contribution in [-0.4, -0.2) is 31.1 Å². The van der Waals surface area contributed by atoms with E-state index in [0.29, 0.717) is 28.4 Å². The van der Waals surface area contributed by atoms with Gasteiger partial charge >= 0.3 is 11.9 Å². The zero-order valence-electron chi connectivity index (χ0n) is 15.3. The maximum Gasteiger partial charge on any atom is 0.338 e. The van der Waals surface area contributed by atoms with Crippen LogP contribution < -0.4 is 5.32 Å². The first-order chi connectivity index (χ1) is 13.5. The summed E-state index contributed by atoms with van der Waals surface area (Å²) in [7, 11) is 0. The maximum atomic E-state index is 11.9. The van der Waals surface area contributed by atoms with Crippen LogP contribution in [0.4, 0.5) is 5.69 Å². The Hall–Kier alpha value is -3.12. The van der Waals surface area contributed by atoms with Crippen molar-refractivity contribution in [2.75, 3.05) is 18.5 Å². The van der Waals surface area contributed by atoms with Crippen molar-refractivity contribution in [3.05, 3.63) is 70.8 Å². The van der Waals surface area contributed by atoms with E-state index in [9.17, 15) is 14.4 Å². The Bertz CT molecular complexity index is 861. The zero-order chi connectivity index (χ0) is 20.4. The molecule has 0 unspecified atom stereocenters. The Kier molecular flexibility index (Phi) is 8.24. The van der Waals surface area contributed by atoms with Gasteiger partial charge in [-0.05, 0) is 48.4 Å². The van der Waals surface area contributed by atoms with Gasteiger partial charge < -0.3 is 14.8 Å². The molecule has 0 spiro atoms. The molecule has 146 valence electrons. The average Bonchev–Trinajstić information content (AvgIpc) is 2.70. The smallest absolute Gasteiger partial charge is 0.338 e. The van der Waals surface area contributed by atoms with E-state index in [1.807, 2.05) is 6.92 Å². The van der Waals surface area contributed by atoms with Crippen LogP contribution in [0.1, 0.15) is 29.3 Å². The summed E-state index contributed by atoms with van der Waals surface area (Å²) in [4.78, 5) is 35.3. The minimum atomic E-state index is -0.663. The summed E-state index contributed by atoms with van der Waals surface area (Å²) in [5, 5.41) is 3.08. The quantitative estimate of drug-likeness (QED) is 0.532. The van der Waals surface area contributed by atoms with E-state index >= 15 is 0 Å². The third kappa shape index (κ3) is 6.89. The predicted octanol–water partition coefficient (Wildman–Crippen LogP) is 4.10. The predicted molar refractivity (Wildman–Crippen MR) is 107 cm³/mol. The van der Waals surface area contributed by atoms with Crippen molar-refractivity contribution in [3.63, 3.8) is 0 Å². The molecule has 0 saturated carbocycles. The number of hydrogen-bond acceptors (Lipinski definition) is 5. The van der Waals surface area contributed by atoms with Gasteiger partial charge in [0, 0.05) is 16.8 Å². The molecular formula is C21H20ClNO5. The first-order valence-corrected chi connectivity index (χ1v) is 9.03. The number of amides is 1. The second-order valence-corrected chi connectivity index (χ2v) is 6.13. The zero-order valence-corrected chi connectivity index (χ0v) is 16.1. The highest BCUT2D eigenvalue weighted by molar-refractivity contribution is 6.32. The SMILES string of the molecule is CCCOC(=O)c1ccc(NC(=O)COC(=O)/C=C/c2ccccc2Cl)cc1. The van der Waals surface area contributed by atoms with Gasteiger partial charge in [0.1, 0.15) is 0 Å². The van der Waals surface area contributed by atoms with E-state index in [2.05, 4.69) is 5.32 Å². The number of rotatable bonds is 8. The highest BCUT2D eigenvalue weighted by Crippen LogP contribution is 2.16. The van der Waals surface area contributed by atoms with Crippen molar-refractivity contribution in [1.82, 2.24) is 0 Å². The van der Waals surface area contributed by atoms with E-state index in [1.54, 1.807) is 48.5 Å². The molecule has 0 aromatic heterocycles. The molecule has 0 aliphatic heterocycles. The van der Waals surface area contributed by atoms with Gasteiger partial charge in [0.05, 0.1) is 12.2 Å². The number of nitrogens with one attached hydrogen (secondary N) is 1. The molecule has 1 N–H and O–H groups in total. The molecule has 0 atom stereocenters. The van der Waals surface area contributed by atoms with Crippen LogP contribution in [0.15, 0.2) is 54.6 Å². The molecule has 0 saturated heterocycles. The van der Waals surface area contributed by atoms with Crippen molar-refractivity contribution in [2.24, 2.45) is 0 Å². The molecule has 0 aliphatic rings. The van der Waals surface area contributed by atoms with Crippen molar-refractivity contribution < 1.29 is 23.9 Å². The average molecular weight is 402 g/mol. The number of carbonyl (C=O) groups is 3. The molecule has 2 aromatic rings. The van der Waals surface area contributed by atoms with E-state index in [4.69, 9.17) is 21.1 Å². The fraction of sp³-hybridized carbons (Fsp3) is 0.190. The van der Waals surface area contributed by atoms with Crippen LogP contribution in [0.3, 0.4) is 0 Å². The number of carbonyl (C=O) groups excluding carboxylic acids is 3. The number of halogens is 1. The molecule has 6 nitrogen and oxygen atoms in total. The number of esters is 2. The molecule has 2 rings (SSSR count). The van der Waals surface area contributed by atoms with Gasteiger partial charge in [-0.15, -0.1) is 0 Å². The summed E-state index contributed by atoms with van der Waals surface area (Å²) in [5.41, 5.74) is 1.53. The summed E-state index contributed by atoms with van der Waals surface area (Å²) < 4.78 is 9.92. The Labute approximate surface area is 168 Å². The van der Waals surface area contributed by atoms with E-state index < -0.39 is 24.5 Å². The number of benzene rings is 2. The molecule has 0 bridgehead atoms. The summed E-state index contributed by atoms with van der Waals surface area (Å²) in [6.07, 6.45) is 3.45. The fourth-order valence-electron chi connectivity index (χ4n) is 2.12. The summed E-state index contributed by atoms with van der Waals surface area (Å²) in [6, 6.07) is 13.3. The van der Waals surface area contributed by atoms with Crippen LogP contribution in [0, 0.1) is 0 Å². The first kappa shape index (κ1) is 21.2. The highest BCUT2D eigenvalue weighted by atomic mass is 35.5. The van der Waals surface area contributed by atoms with Gasteiger partial charge in [0.25, 0.3) is 5.91 Å². The van der Waals surface area contributed by atoms with Gasteiger partial charge in [0.2, 0.25) is 0 Å². The largest absolute Gasteiger partial charge is 0.462 e. The first-order valence-electron chi connectivity index (χ1n) is 8.66. The molecule has 1 amide bonds. The normalized spacial score (nSPS) is 10.5. The second kappa shape index (κ2) is 10.9. The van der Waals surface area contributed by atoms with Crippen molar-refractivity contribution >= 4 is 41.2 Å². The van der Waals surface area contributed by atoms with Crippen LogP contribution in [-0.2, 0) is 19.1 Å². The fourth-order valence-corrected chi connectivity index (χ4v) is 2.32. The lowest BCUT2D eigenvalue weighted by Gasteiger charge is -2.07. The molecule has 0 aliphatic carbocycles. The lowest BCUT2D eigenvalue weighted by molar-refractivity contribution is -0.142. The molecule has 0 fully saturated rings. The lowest BCUT2D eigenvalue weighted by Crippen LogP contribution is -2.20. The minimum absolute atomic E-state index is 0.355. The topological polar surface area (TPSA) is 81.7 Å². The Morgan fingerprint density at radius 3 is 2.43 bits per heavy atom. The van der Waals surface area contributed by atoms with Gasteiger partial charge in [0.15, 0.2) is 6.61 Å². The van der Waals surface area contributed by atoms with Crippen molar-refractivity contribution in [1.29, 1.82) is 0 Å². The number of anilines is 1. The maximum absolute atomic E-state index is 11.9. The highest BCUT2D eigenvalue weighted by Gasteiger charge is 2.09. The molecule has 0 radical (unpaired) electrons. The van der Waals surface area contributed by atoms with Crippen LogP contribution in [0.25, 0.3) is 6.08 Å². The second-order valence-electron chi connectivity index (χ2n) is 5.72. The third-order valence-corrected chi connectivity index (χ3v) is 3.84.